The van der Waals surface area contributed by atoms with Crippen molar-refractivity contribution in [3.05, 3.63) is 29.8 Å². The van der Waals surface area contributed by atoms with E-state index in [1.165, 1.54) is 0 Å². The number of anilines is 1. The zero-order valence-electron chi connectivity index (χ0n) is 11.8. The van der Waals surface area contributed by atoms with Crippen molar-refractivity contribution in [3.8, 4) is 0 Å². The Balaban J connectivity index is 2.09. The van der Waals surface area contributed by atoms with E-state index in [0.29, 0.717) is 19.3 Å². The number of benzene rings is 1. The minimum atomic E-state index is -1.17. The molecule has 1 aromatic carbocycles. The summed E-state index contributed by atoms with van der Waals surface area (Å²) in [5.41, 5.74) is 0.858. The number of amides is 1. The van der Waals surface area contributed by atoms with Gasteiger partial charge in [-0.3, -0.25) is 4.79 Å². The number of carboxylic acids is 1. The van der Waals surface area contributed by atoms with Gasteiger partial charge in [-0.1, -0.05) is 32.0 Å². The Morgan fingerprint density at radius 3 is 2.55 bits per heavy atom. The molecule has 1 amide bonds. The second-order valence-electron chi connectivity index (χ2n) is 5.14. The Morgan fingerprint density at radius 2 is 2.00 bits per heavy atom. The highest BCUT2D eigenvalue weighted by Crippen LogP contribution is 2.26. The van der Waals surface area contributed by atoms with Crippen molar-refractivity contribution in [2.24, 2.45) is 0 Å². The van der Waals surface area contributed by atoms with Gasteiger partial charge in [0, 0.05) is 12.1 Å². The van der Waals surface area contributed by atoms with Crippen molar-refractivity contribution in [3.63, 3.8) is 0 Å². The molecule has 1 unspecified atom stereocenters. The van der Waals surface area contributed by atoms with Gasteiger partial charge < -0.3 is 15.7 Å². The predicted octanol–water partition coefficient (Wildman–Crippen LogP) is 1.78. The van der Waals surface area contributed by atoms with E-state index in [2.05, 4.69) is 10.6 Å². The van der Waals surface area contributed by atoms with Crippen LogP contribution in [0.3, 0.4) is 0 Å². The molecule has 0 saturated heterocycles. The summed E-state index contributed by atoms with van der Waals surface area (Å²) in [7, 11) is 0. The molecular weight excluding hydrogens is 256 g/mol. The number of carbonyl (C=O) groups is 2. The molecule has 0 fully saturated rings. The molecule has 0 bridgehead atoms. The number of rotatable bonds is 5. The van der Waals surface area contributed by atoms with Crippen LogP contribution in [-0.2, 0) is 16.0 Å². The van der Waals surface area contributed by atoms with Crippen LogP contribution in [0.25, 0.3) is 0 Å². The quantitative estimate of drug-likeness (QED) is 0.766. The number of carboxylic acid groups (broad SMARTS) is 1. The van der Waals surface area contributed by atoms with Crippen LogP contribution in [0.2, 0.25) is 0 Å². The molecule has 5 nitrogen and oxygen atoms in total. The maximum atomic E-state index is 12.3. The molecule has 0 aromatic heterocycles. The molecule has 1 aromatic rings. The van der Waals surface area contributed by atoms with Gasteiger partial charge in [0.1, 0.15) is 11.6 Å². The maximum Gasteiger partial charge on any atom is 0.329 e. The lowest BCUT2D eigenvalue weighted by atomic mass is 9.92. The van der Waals surface area contributed by atoms with Gasteiger partial charge >= 0.3 is 5.97 Å². The van der Waals surface area contributed by atoms with Crippen LogP contribution in [0.15, 0.2) is 24.3 Å². The maximum absolute atomic E-state index is 12.3. The lowest BCUT2D eigenvalue weighted by Crippen LogP contribution is -2.57. The van der Waals surface area contributed by atoms with Crippen molar-refractivity contribution >= 4 is 17.6 Å². The minimum Gasteiger partial charge on any atom is -0.480 e. The number of para-hydroxylation sites is 1. The van der Waals surface area contributed by atoms with Crippen LogP contribution in [0.5, 0.6) is 0 Å². The van der Waals surface area contributed by atoms with Gasteiger partial charge in [0.15, 0.2) is 0 Å². The predicted molar refractivity (Wildman–Crippen MR) is 76.6 cm³/mol. The average molecular weight is 276 g/mol. The Hall–Kier alpha value is -2.04. The molecule has 5 heteroatoms. The number of nitrogens with one attached hydrogen (secondary N) is 2. The Bertz CT molecular complexity index is 499. The molecular formula is C15H20N2O3. The third kappa shape index (κ3) is 2.48. The van der Waals surface area contributed by atoms with Gasteiger partial charge in [0.2, 0.25) is 5.91 Å². The summed E-state index contributed by atoms with van der Waals surface area (Å²) in [5.74, 6) is -1.24. The molecule has 1 aliphatic rings. The third-order valence-electron chi connectivity index (χ3n) is 4.07. The lowest BCUT2D eigenvalue weighted by Gasteiger charge is -2.29. The molecule has 0 saturated carbocycles. The number of hydrogen-bond acceptors (Lipinski definition) is 3. The highest BCUT2D eigenvalue weighted by Gasteiger charge is 2.39. The Kier molecular flexibility index (Phi) is 3.97. The van der Waals surface area contributed by atoms with Crippen molar-refractivity contribution in [2.75, 3.05) is 5.32 Å². The van der Waals surface area contributed by atoms with Gasteiger partial charge in [-0.2, -0.15) is 0 Å². The van der Waals surface area contributed by atoms with Gasteiger partial charge in [-0.15, -0.1) is 0 Å². The first kappa shape index (κ1) is 14.4. The Morgan fingerprint density at radius 1 is 1.35 bits per heavy atom. The standard InChI is InChI=1S/C15H20N2O3/c1-3-15(4-2,14(19)20)17-13(18)12-9-10-7-5-6-8-11(10)16-12/h5-8,12,16H,3-4,9H2,1-2H3,(H,17,18)(H,19,20). The highest BCUT2D eigenvalue weighted by molar-refractivity contribution is 5.92. The second kappa shape index (κ2) is 5.53. The summed E-state index contributed by atoms with van der Waals surface area (Å²) < 4.78 is 0. The van der Waals surface area contributed by atoms with E-state index in [0.717, 1.165) is 11.3 Å². The fourth-order valence-corrected chi connectivity index (χ4v) is 2.56. The van der Waals surface area contributed by atoms with Crippen LogP contribution in [0.4, 0.5) is 5.69 Å². The molecule has 1 heterocycles. The zero-order chi connectivity index (χ0) is 14.8. The molecule has 3 N–H and O–H groups in total. The fourth-order valence-electron chi connectivity index (χ4n) is 2.56. The summed E-state index contributed by atoms with van der Waals surface area (Å²) in [4.78, 5) is 23.7. The largest absolute Gasteiger partial charge is 0.480 e. The number of aliphatic carboxylic acids is 1. The van der Waals surface area contributed by atoms with E-state index in [-0.39, 0.29) is 5.91 Å². The van der Waals surface area contributed by atoms with Crippen molar-refractivity contribution in [2.45, 2.75) is 44.7 Å². The van der Waals surface area contributed by atoms with E-state index in [1.807, 2.05) is 24.3 Å². The number of hydrogen-bond donors (Lipinski definition) is 3. The SMILES string of the molecule is CCC(CC)(NC(=O)C1Cc2ccccc2N1)C(=O)O. The topological polar surface area (TPSA) is 78.4 Å². The van der Waals surface area contributed by atoms with Gasteiger partial charge in [0.05, 0.1) is 0 Å². The summed E-state index contributed by atoms with van der Waals surface area (Å²) >= 11 is 0. The van der Waals surface area contributed by atoms with Crippen molar-refractivity contribution < 1.29 is 14.7 Å². The molecule has 2 rings (SSSR count). The summed E-state index contributed by atoms with van der Waals surface area (Å²) in [6.07, 6.45) is 1.32. The van der Waals surface area contributed by atoms with Crippen LogP contribution >= 0.6 is 0 Å². The first-order chi connectivity index (χ1) is 9.52. The summed E-state index contributed by atoms with van der Waals surface area (Å²) in [5, 5.41) is 15.2. The zero-order valence-corrected chi connectivity index (χ0v) is 11.8. The van der Waals surface area contributed by atoms with E-state index in [9.17, 15) is 14.7 Å². The first-order valence-electron chi connectivity index (χ1n) is 6.92. The Labute approximate surface area is 118 Å². The third-order valence-corrected chi connectivity index (χ3v) is 4.07. The second-order valence-corrected chi connectivity index (χ2v) is 5.14. The van der Waals surface area contributed by atoms with Crippen molar-refractivity contribution in [1.82, 2.24) is 5.32 Å². The molecule has 1 aliphatic heterocycles. The van der Waals surface area contributed by atoms with E-state index >= 15 is 0 Å². The summed E-state index contributed by atoms with van der Waals surface area (Å²) in [6, 6.07) is 7.34. The van der Waals surface area contributed by atoms with Gasteiger partial charge in [0.25, 0.3) is 0 Å². The highest BCUT2D eigenvalue weighted by atomic mass is 16.4. The monoisotopic (exact) mass is 276 g/mol. The molecule has 0 spiro atoms. The minimum absolute atomic E-state index is 0.257. The van der Waals surface area contributed by atoms with E-state index < -0.39 is 17.6 Å². The number of carbonyl (C=O) groups excluding carboxylic acids is 1. The smallest absolute Gasteiger partial charge is 0.329 e. The van der Waals surface area contributed by atoms with E-state index in [4.69, 9.17) is 0 Å². The van der Waals surface area contributed by atoms with Crippen LogP contribution < -0.4 is 10.6 Å². The summed E-state index contributed by atoms with van der Waals surface area (Å²) in [6.45, 7) is 3.55. The van der Waals surface area contributed by atoms with Gasteiger partial charge in [-0.05, 0) is 24.5 Å². The molecule has 20 heavy (non-hydrogen) atoms. The normalized spacial score (nSPS) is 17.2. The molecule has 0 aliphatic carbocycles. The van der Waals surface area contributed by atoms with Crippen LogP contribution in [0.1, 0.15) is 32.3 Å². The molecule has 108 valence electrons. The van der Waals surface area contributed by atoms with Crippen molar-refractivity contribution in [1.29, 1.82) is 0 Å². The van der Waals surface area contributed by atoms with E-state index in [1.54, 1.807) is 13.8 Å². The first-order valence-corrected chi connectivity index (χ1v) is 6.92. The van der Waals surface area contributed by atoms with Gasteiger partial charge in [-0.25, -0.2) is 4.79 Å². The number of fused-ring (bicyclic) bond motifs is 1. The fraction of sp³-hybridized carbons (Fsp3) is 0.467. The van der Waals surface area contributed by atoms with Crippen LogP contribution in [0, 0.1) is 0 Å². The molecule has 1 atom stereocenters. The average Bonchev–Trinajstić information content (AvgIpc) is 2.88. The lowest BCUT2D eigenvalue weighted by molar-refractivity contribution is -0.148. The van der Waals surface area contributed by atoms with Crippen LogP contribution in [-0.4, -0.2) is 28.6 Å². The molecule has 0 radical (unpaired) electrons.